The van der Waals surface area contributed by atoms with Crippen molar-refractivity contribution in [2.75, 3.05) is 13.1 Å². The lowest BCUT2D eigenvalue weighted by molar-refractivity contribution is -0.122. The Morgan fingerprint density at radius 3 is 3.19 bits per heavy atom. The van der Waals surface area contributed by atoms with Gasteiger partial charge in [-0.3, -0.25) is 4.79 Å². The van der Waals surface area contributed by atoms with Gasteiger partial charge in [0.05, 0.1) is 12.1 Å². The first kappa shape index (κ1) is 11.6. The summed E-state index contributed by atoms with van der Waals surface area (Å²) in [5, 5.41) is 17.2. The summed E-state index contributed by atoms with van der Waals surface area (Å²) in [6.07, 6.45) is 1.01. The van der Waals surface area contributed by atoms with E-state index in [0.717, 1.165) is 6.42 Å². The van der Waals surface area contributed by atoms with Crippen LogP contribution >= 0.6 is 11.3 Å². The van der Waals surface area contributed by atoms with Crippen LogP contribution in [0.15, 0.2) is 17.5 Å². The number of β-amino-alcohol motifs (C(OH)–C–C–N with tert-alkyl or cyclic N) is 1. The van der Waals surface area contributed by atoms with Gasteiger partial charge < -0.3 is 15.7 Å². The Bertz CT molecular complexity index is 340. The molecule has 2 unspecified atom stereocenters. The van der Waals surface area contributed by atoms with Gasteiger partial charge in [-0.15, -0.1) is 11.3 Å². The highest BCUT2D eigenvalue weighted by molar-refractivity contribution is 7.09. The van der Waals surface area contributed by atoms with E-state index in [2.05, 4.69) is 16.7 Å². The normalized spacial score (nSPS) is 24.6. The molecule has 0 spiro atoms. The van der Waals surface area contributed by atoms with Gasteiger partial charge in [0.25, 0.3) is 0 Å². The second kappa shape index (κ2) is 5.43. The highest BCUT2D eigenvalue weighted by Crippen LogP contribution is 2.09. The van der Waals surface area contributed by atoms with E-state index in [4.69, 9.17) is 0 Å². The molecule has 0 radical (unpaired) electrons. The van der Waals surface area contributed by atoms with Crippen molar-refractivity contribution < 1.29 is 9.90 Å². The smallest absolute Gasteiger partial charge is 0.237 e. The Morgan fingerprint density at radius 2 is 2.56 bits per heavy atom. The first-order valence-corrected chi connectivity index (χ1v) is 6.35. The largest absolute Gasteiger partial charge is 0.392 e. The Labute approximate surface area is 98.7 Å². The van der Waals surface area contributed by atoms with Gasteiger partial charge in [0.1, 0.15) is 0 Å². The number of rotatable bonds is 4. The second-order valence-corrected chi connectivity index (χ2v) is 5.00. The number of carbonyl (C=O) groups excluding carboxylic acids is 1. The van der Waals surface area contributed by atoms with Crippen LogP contribution in [0.5, 0.6) is 0 Å². The van der Waals surface area contributed by atoms with Gasteiger partial charge in [-0.1, -0.05) is 6.07 Å². The molecule has 1 fully saturated rings. The summed E-state index contributed by atoms with van der Waals surface area (Å²) in [7, 11) is 0. The molecule has 1 aromatic rings. The monoisotopic (exact) mass is 240 g/mol. The van der Waals surface area contributed by atoms with E-state index in [1.807, 2.05) is 11.4 Å². The van der Waals surface area contributed by atoms with Crippen molar-refractivity contribution in [1.29, 1.82) is 0 Å². The van der Waals surface area contributed by atoms with E-state index in [1.54, 1.807) is 11.3 Å². The van der Waals surface area contributed by atoms with Crippen molar-refractivity contribution in [1.82, 2.24) is 10.6 Å². The molecule has 1 aliphatic heterocycles. The van der Waals surface area contributed by atoms with Gasteiger partial charge in [-0.05, 0) is 24.3 Å². The molecule has 0 aromatic carbocycles. The summed E-state index contributed by atoms with van der Waals surface area (Å²) < 4.78 is 0. The van der Waals surface area contributed by atoms with Crippen molar-refractivity contribution in [2.45, 2.75) is 25.0 Å². The fourth-order valence-electron chi connectivity index (χ4n) is 1.80. The van der Waals surface area contributed by atoms with Gasteiger partial charge >= 0.3 is 0 Å². The first-order valence-electron chi connectivity index (χ1n) is 5.47. The molecular formula is C11H16N2O2S. The molecule has 1 amide bonds. The van der Waals surface area contributed by atoms with Crippen molar-refractivity contribution in [3.63, 3.8) is 0 Å². The van der Waals surface area contributed by atoms with Crippen LogP contribution in [-0.4, -0.2) is 36.2 Å². The summed E-state index contributed by atoms with van der Waals surface area (Å²) >= 11 is 1.70. The van der Waals surface area contributed by atoms with E-state index in [-0.39, 0.29) is 18.1 Å². The molecule has 1 aromatic heterocycles. The molecule has 1 aliphatic rings. The average molecular weight is 240 g/mol. The van der Waals surface area contributed by atoms with Crippen LogP contribution in [0.25, 0.3) is 0 Å². The molecule has 1 saturated heterocycles. The third kappa shape index (κ3) is 3.04. The zero-order chi connectivity index (χ0) is 11.4. The minimum Gasteiger partial charge on any atom is -0.392 e. The number of amides is 1. The average Bonchev–Trinajstić information content (AvgIpc) is 2.89. The van der Waals surface area contributed by atoms with E-state index in [0.29, 0.717) is 19.5 Å². The zero-order valence-electron chi connectivity index (χ0n) is 8.98. The lowest BCUT2D eigenvalue weighted by Gasteiger charge is -2.10. The van der Waals surface area contributed by atoms with Gasteiger partial charge in [-0.25, -0.2) is 0 Å². The molecule has 0 bridgehead atoms. The summed E-state index contributed by atoms with van der Waals surface area (Å²) in [5.41, 5.74) is 0. The van der Waals surface area contributed by atoms with Gasteiger partial charge in [0.2, 0.25) is 5.91 Å². The maximum atomic E-state index is 11.6. The van der Waals surface area contributed by atoms with E-state index in [9.17, 15) is 9.90 Å². The van der Waals surface area contributed by atoms with Crippen molar-refractivity contribution in [2.24, 2.45) is 0 Å². The van der Waals surface area contributed by atoms with Crippen molar-refractivity contribution in [3.8, 4) is 0 Å². The number of aliphatic hydroxyl groups is 1. The zero-order valence-corrected chi connectivity index (χ0v) is 9.80. The third-order valence-electron chi connectivity index (χ3n) is 2.67. The lowest BCUT2D eigenvalue weighted by atomic mass is 10.2. The van der Waals surface area contributed by atoms with E-state index in [1.165, 1.54) is 4.88 Å². The Balaban J connectivity index is 1.68. The lowest BCUT2D eigenvalue weighted by Crippen LogP contribution is -2.41. The number of aliphatic hydroxyl groups excluding tert-OH is 1. The molecule has 0 saturated carbocycles. The van der Waals surface area contributed by atoms with Crippen molar-refractivity contribution >= 4 is 17.2 Å². The molecule has 5 heteroatoms. The summed E-state index contributed by atoms with van der Waals surface area (Å²) in [6.45, 7) is 1.18. The van der Waals surface area contributed by atoms with Gasteiger partial charge in [-0.2, -0.15) is 0 Å². The maximum absolute atomic E-state index is 11.6. The molecule has 3 N–H and O–H groups in total. The molecular weight excluding hydrogens is 224 g/mol. The predicted octanol–water partition coefficient (Wildman–Crippen LogP) is 0.130. The highest BCUT2D eigenvalue weighted by Gasteiger charge is 2.27. The van der Waals surface area contributed by atoms with Crippen LogP contribution in [0.1, 0.15) is 11.3 Å². The van der Waals surface area contributed by atoms with Crippen LogP contribution in [0, 0.1) is 0 Å². The SMILES string of the molecule is O=C(NCCc1cccs1)C1CC(O)CN1. The minimum absolute atomic E-state index is 0.00638. The van der Waals surface area contributed by atoms with Gasteiger partial charge in [0.15, 0.2) is 0 Å². The summed E-state index contributed by atoms with van der Waals surface area (Å²) in [6, 6.07) is 3.85. The number of hydrogen-bond acceptors (Lipinski definition) is 4. The number of nitrogens with one attached hydrogen (secondary N) is 2. The predicted molar refractivity (Wildman–Crippen MR) is 63.4 cm³/mol. The van der Waals surface area contributed by atoms with Crippen LogP contribution < -0.4 is 10.6 Å². The van der Waals surface area contributed by atoms with Crippen LogP contribution in [0.4, 0.5) is 0 Å². The molecule has 16 heavy (non-hydrogen) atoms. The summed E-state index contributed by atoms with van der Waals surface area (Å²) in [5.74, 6) is -0.00638. The van der Waals surface area contributed by atoms with E-state index < -0.39 is 0 Å². The molecule has 2 atom stereocenters. The number of carbonyl (C=O) groups is 1. The highest BCUT2D eigenvalue weighted by atomic mass is 32.1. The quantitative estimate of drug-likeness (QED) is 0.701. The molecule has 2 heterocycles. The standard InChI is InChI=1S/C11H16N2O2S/c14-8-6-10(13-7-8)11(15)12-4-3-9-2-1-5-16-9/h1-2,5,8,10,13-14H,3-4,6-7H2,(H,12,15). The van der Waals surface area contributed by atoms with Crippen LogP contribution in [0.3, 0.4) is 0 Å². The van der Waals surface area contributed by atoms with E-state index >= 15 is 0 Å². The Morgan fingerprint density at radius 1 is 1.69 bits per heavy atom. The molecule has 4 nitrogen and oxygen atoms in total. The number of thiophene rings is 1. The maximum Gasteiger partial charge on any atom is 0.237 e. The number of hydrogen-bond donors (Lipinski definition) is 3. The topological polar surface area (TPSA) is 61.4 Å². The van der Waals surface area contributed by atoms with Crippen LogP contribution in [0.2, 0.25) is 0 Å². The van der Waals surface area contributed by atoms with Crippen molar-refractivity contribution in [3.05, 3.63) is 22.4 Å². The fourth-order valence-corrected chi connectivity index (χ4v) is 2.51. The molecule has 2 rings (SSSR count). The Kier molecular flexibility index (Phi) is 3.93. The second-order valence-electron chi connectivity index (χ2n) is 3.97. The third-order valence-corrected chi connectivity index (χ3v) is 3.61. The van der Waals surface area contributed by atoms with Gasteiger partial charge in [0, 0.05) is 18.0 Å². The van der Waals surface area contributed by atoms with Crippen LogP contribution in [-0.2, 0) is 11.2 Å². The Hall–Kier alpha value is -0.910. The summed E-state index contributed by atoms with van der Waals surface area (Å²) in [4.78, 5) is 12.9. The fraction of sp³-hybridized carbons (Fsp3) is 0.545. The first-order chi connectivity index (χ1) is 7.75. The molecule has 0 aliphatic carbocycles. The minimum atomic E-state index is -0.381. The molecule has 88 valence electrons.